The number of alkyl halides is 6. The molecule has 1 amide bonds. The molecular weight excluding hydrogens is 496 g/mol. The van der Waals surface area contributed by atoms with Crippen LogP contribution in [-0.2, 0) is 27.4 Å². The van der Waals surface area contributed by atoms with Gasteiger partial charge >= 0.3 is 30.4 Å². The van der Waals surface area contributed by atoms with Crippen LogP contribution in [0.4, 0.5) is 37.0 Å². The first-order chi connectivity index (χ1) is 16.1. The summed E-state index contributed by atoms with van der Waals surface area (Å²) < 4.78 is 68.9. The second-order valence-electron chi connectivity index (χ2n) is 7.49. The summed E-state index contributed by atoms with van der Waals surface area (Å²) in [6.07, 6.45) is -9.19. The molecule has 3 N–H and O–H groups in total. The summed E-state index contributed by atoms with van der Waals surface area (Å²) >= 11 is 0. The normalized spacial score (nSPS) is 17.0. The molecule has 1 aromatic rings. The van der Waals surface area contributed by atoms with E-state index < -0.39 is 24.3 Å². The Morgan fingerprint density at radius 3 is 1.86 bits per heavy atom. The summed E-state index contributed by atoms with van der Waals surface area (Å²) in [6, 6.07) is 0. The van der Waals surface area contributed by atoms with E-state index in [0.717, 1.165) is 49.1 Å². The highest BCUT2D eigenvalue weighted by atomic mass is 19.4. The lowest BCUT2D eigenvalue weighted by Crippen LogP contribution is -2.50. The number of carbonyl (C=O) groups excluding carboxylic acids is 1. The van der Waals surface area contributed by atoms with E-state index in [1.165, 1.54) is 6.42 Å². The van der Waals surface area contributed by atoms with Gasteiger partial charge in [-0.25, -0.2) is 24.4 Å². The van der Waals surface area contributed by atoms with Crippen LogP contribution < -0.4 is 10.2 Å². The van der Waals surface area contributed by atoms with Crippen LogP contribution in [0.15, 0.2) is 0 Å². The molecule has 0 spiro atoms. The number of fused-ring (bicyclic) bond motifs is 1. The first-order valence-corrected chi connectivity index (χ1v) is 9.97. The zero-order chi connectivity index (χ0) is 26.6. The summed E-state index contributed by atoms with van der Waals surface area (Å²) in [4.78, 5) is 43.0. The molecule has 0 radical (unpaired) electrons. The predicted octanol–water partition coefficient (Wildman–Crippen LogP) is 1.69. The molecule has 35 heavy (non-hydrogen) atoms. The average Bonchev–Trinajstić information content (AvgIpc) is 3.06. The number of halogens is 6. The molecule has 11 nitrogen and oxygen atoms in total. The van der Waals surface area contributed by atoms with Gasteiger partial charge in [0.05, 0.1) is 18.8 Å². The quantitative estimate of drug-likeness (QED) is 0.496. The van der Waals surface area contributed by atoms with Gasteiger partial charge in [-0.3, -0.25) is 4.90 Å². The van der Waals surface area contributed by atoms with Crippen molar-refractivity contribution in [3.05, 3.63) is 17.1 Å². The van der Waals surface area contributed by atoms with Gasteiger partial charge in [-0.05, 0) is 13.3 Å². The number of anilines is 1. The molecule has 0 aromatic carbocycles. The van der Waals surface area contributed by atoms with E-state index >= 15 is 0 Å². The number of hydrogen-bond donors (Lipinski definition) is 3. The second kappa shape index (κ2) is 10.9. The van der Waals surface area contributed by atoms with Crippen LogP contribution in [0.3, 0.4) is 0 Å². The van der Waals surface area contributed by atoms with E-state index in [9.17, 15) is 31.1 Å². The third kappa shape index (κ3) is 7.83. The monoisotopic (exact) mass is 517 g/mol. The van der Waals surface area contributed by atoms with Crippen molar-refractivity contribution in [2.24, 2.45) is 0 Å². The van der Waals surface area contributed by atoms with E-state index in [2.05, 4.69) is 20.2 Å². The van der Waals surface area contributed by atoms with Crippen molar-refractivity contribution in [2.75, 3.05) is 31.1 Å². The minimum atomic E-state index is -5.08. The van der Waals surface area contributed by atoms with E-state index in [4.69, 9.17) is 24.5 Å². The standard InChI is InChI=1S/C14H19N5O2.2C2HF3O2/c1-9-16-12-8-19(14(20)21-10-5-15-6-10)7-11(12)13(17-9)18-3-2-4-18;2*3-2(4,5)1(6)7/h10,15H,2-8H2,1H3;2*(H,6,7). The first kappa shape index (κ1) is 27.9. The number of carboxylic acid groups (broad SMARTS) is 2. The average molecular weight is 517 g/mol. The number of aliphatic carboxylic acids is 2. The molecule has 0 bridgehead atoms. The van der Waals surface area contributed by atoms with Crippen molar-refractivity contribution in [3.63, 3.8) is 0 Å². The summed E-state index contributed by atoms with van der Waals surface area (Å²) in [6.45, 7) is 6.58. The summed E-state index contributed by atoms with van der Waals surface area (Å²) in [5.41, 5.74) is 2.05. The number of carboxylic acids is 2. The third-order valence-corrected chi connectivity index (χ3v) is 4.78. The molecule has 3 aliphatic heterocycles. The number of amides is 1. The topological polar surface area (TPSA) is 145 Å². The molecule has 2 saturated heterocycles. The van der Waals surface area contributed by atoms with Gasteiger partial charge in [0.25, 0.3) is 0 Å². The Kier molecular flexibility index (Phi) is 8.69. The van der Waals surface area contributed by atoms with E-state index in [0.29, 0.717) is 13.1 Å². The van der Waals surface area contributed by atoms with E-state index in [1.54, 1.807) is 4.90 Å². The van der Waals surface area contributed by atoms with Gasteiger partial charge in [-0.2, -0.15) is 26.3 Å². The van der Waals surface area contributed by atoms with Gasteiger partial charge in [0.1, 0.15) is 17.7 Å². The highest BCUT2D eigenvalue weighted by Gasteiger charge is 2.39. The van der Waals surface area contributed by atoms with Crippen molar-refractivity contribution < 1.29 is 55.7 Å². The Morgan fingerprint density at radius 2 is 1.49 bits per heavy atom. The van der Waals surface area contributed by atoms with Gasteiger partial charge < -0.3 is 25.2 Å². The zero-order valence-corrected chi connectivity index (χ0v) is 18.1. The molecule has 196 valence electrons. The molecule has 1 aromatic heterocycles. The molecule has 0 unspecified atom stereocenters. The highest BCUT2D eigenvalue weighted by Crippen LogP contribution is 2.31. The first-order valence-electron chi connectivity index (χ1n) is 9.97. The zero-order valence-electron chi connectivity index (χ0n) is 18.1. The van der Waals surface area contributed by atoms with Gasteiger partial charge in [0.15, 0.2) is 0 Å². The smallest absolute Gasteiger partial charge is 0.475 e. The summed E-state index contributed by atoms with van der Waals surface area (Å²) in [5, 5.41) is 17.3. The van der Waals surface area contributed by atoms with Crippen LogP contribution >= 0.6 is 0 Å². The fraction of sp³-hybridized carbons (Fsp3) is 0.611. The van der Waals surface area contributed by atoms with Crippen LogP contribution in [0.25, 0.3) is 0 Å². The van der Waals surface area contributed by atoms with Crippen LogP contribution in [-0.4, -0.2) is 87.7 Å². The Bertz CT molecular complexity index is 925. The van der Waals surface area contributed by atoms with E-state index in [-0.39, 0.29) is 12.2 Å². The lowest BCUT2D eigenvalue weighted by Gasteiger charge is -2.33. The van der Waals surface area contributed by atoms with Gasteiger partial charge in [0, 0.05) is 31.7 Å². The van der Waals surface area contributed by atoms with E-state index in [1.807, 2.05) is 6.92 Å². The Balaban J connectivity index is 0.000000257. The molecule has 3 aliphatic rings. The minimum Gasteiger partial charge on any atom is -0.475 e. The van der Waals surface area contributed by atoms with Crippen molar-refractivity contribution in [1.82, 2.24) is 20.2 Å². The number of ether oxygens (including phenoxy) is 1. The number of aromatic nitrogens is 2. The van der Waals surface area contributed by atoms with Gasteiger partial charge in [-0.1, -0.05) is 0 Å². The van der Waals surface area contributed by atoms with Crippen LogP contribution in [0.1, 0.15) is 23.5 Å². The molecule has 4 rings (SSSR count). The van der Waals surface area contributed by atoms with Crippen molar-refractivity contribution in [1.29, 1.82) is 0 Å². The third-order valence-electron chi connectivity index (χ3n) is 4.78. The summed E-state index contributed by atoms with van der Waals surface area (Å²) in [7, 11) is 0. The maximum Gasteiger partial charge on any atom is 0.490 e. The number of rotatable bonds is 2. The minimum absolute atomic E-state index is 0.0175. The molecule has 17 heteroatoms. The van der Waals surface area contributed by atoms with Gasteiger partial charge in [-0.15, -0.1) is 0 Å². The van der Waals surface area contributed by atoms with Crippen LogP contribution in [0, 0.1) is 6.92 Å². The molecule has 0 aliphatic carbocycles. The maximum absolute atomic E-state index is 12.2. The fourth-order valence-electron chi connectivity index (χ4n) is 2.84. The lowest BCUT2D eigenvalue weighted by molar-refractivity contribution is -0.193. The lowest BCUT2D eigenvalue weighted by atomic mass is 10.1. The number of nitrogens with zero attached hydrogens (tertiary/aromatic N) is 4. The molecule has 0 saturated carbocycles. The Labute approximate surface area is 193 Å². The SMILES string of the molecule is Cc1nc2c(c(N3CCC3)n1)CN(C(=O)OC1CNC1)C2.O=C(O)C(F)(F)F.O=C(O)C(F)(F)F. The maximum atomic E-state index is 12.2. The van der Waals surface area contributed by atoms with Crippen molar-refractivity contribution >= 4 is 23.8 Å². The molecule has 2 fully saturated rings. The number of aryl methyl sites for hydroxylation is 1. The van der Waals surface area contributed by atoms with Crippen LogP contribution in [0.2, 0.25) is 0 Å². The predicted molar refractivity (Wildman–Crippen MR) is 103 cm³/mol. The molecule has 0 atom stereocenters. The second-order valence-corrected chi connectivity index (χ2v) is 7.49. The fourth-order valence-corrected chi connectivity index (χ4v) is 2.84. The summed E-state index contributed by atoms with van der Waals surface area (Å²) in [5.74, 6) is -3.74. The van der Waals surface area contributed by atoms with Crippen molar-refractivity contribution in [2.45, 2.75) is 44.9 Å². The molecular formula is C18H21F6N5O6. The Hall–Kier alpha value is -3.37. The van der Waals surface area contributed by atoms with Crippen LogP contribution in [0.5, 0.6) is 0 Å². The Morgan fingerprint density at radius 1 is 0.971 bits per heavy atom. The number of nitrogens with one attached hydrogen (secondary N) is 1. The molecule has 4 heterocycles. The largest absolute Gasteiger partial charge is 0.490 e. The number of carbonyl (C=O) groups is 3. The van der Waals surface area contributed by atoms with Crippen molar-refractivity contribution in [3.8, 4) is 0 Å². The van der Waals surface area contributed by atoms with Gasteiger partial charge in [0.2, 0.25) is 0 Å². The number of hydrogen-bond acceptors (Lipinski definition) is 8. The highest BCUT2D eigenvalue weighted by molar-refractivity contribution is 5.73.